The molecule has 0 bridgehead atoms. The van der Waals surface area contributed by atoms with Crippen LogP contribution in [0.1, 0.15) is 32.4 Å². The van der Waals surface area contributed by atoms with Crippen molar-refractivity contribution in [3.05, 3.63) is 18.2 Å². The first kappa shape index (κ1) is 11.2. The van der Waals surface area contributed by atoms with Gasteiger partial charge in [0.25, 0.3) is 0 Å². The molecule has 0 saturated heterocycles. The van der Waals surface area contributed by atoms with Crippen LogP contribution in [0.15, 0.2) is 12.5 Å². The van der Waals surface area contributed by atoms with E-state index in [1.165, 1.54) is 0 Å². The minimum Gasteiger partial charge on any atom is -0.389 e. The van der Waals surface area contributed by atoms with Crippen LogP contribution < -0.4 is 5.32 Å². The van der Waals surface area contributed by atoms with Gasteiger partial charge in [-0.25, -0.2) is 4.98 Å². The zero-order valence-electron chi connectivity index (χ0n) is 8.88. The van der Waals surface area contributed by atoms with Gasteiger partial charge >= 0.3 is 0 Å². The number of aromatic nitrogens is 2. The van der Waals surface area contributed by atoms with E-state index in [0.717, 1.165) is 25.1 Å². The molecule has 0 spiro atoms. The van der Waals surface area contributed by atoms with E-state index in [0.29, 0.717) is 6.54 Å². The summed E-state index contributed by atoms with van der Waals surface area (Å²) in [5, 5.41) is 13.0. The number of aromatic amines is 1. The number of imidazole rings is 1. The molecule has 0 radical (unpaired) electrons. The molecule has 0 amide bonds. The fraction of sp³-hybridized carbons (Fsp3) is 0.700. The summed E-state index contributed by atoms with van der Waals surface area (Å²) in [6.45, 7) is 5.26. The monoisotopic (exact) mass is 197 g/mol. The third-order valence-electron chi connectivity index (χ3n) is 2.16. The molecule has 0 aromatic carbocycles. The van der Waals surface area contributed by atoms with Crippen molar-refractivity contribution >= 4 is 0 Å². The van der Waals surface area contributed by atoms with Gasteiger partial charge in [0.05, 0.1) is 11.9 Å². The minimum atomic E-state index is -0.602. The van der Waals surface area contributed by atoms with Gasteiger partial charge in [0, 0.05) is 25.0 Å². The van der Waals surface area contributed by atoms with Crippen LogP contribution in [0.4, 0.5) is 0 Å². The van der Waals surface area contributed by atoms with Gasteiger partial charge in [0.1, 0.15) is 0 Å². The van der Waals surface area contributed by atoms with Gasteiger partial charge in [0.15, 0.2) is 0 Å². The van der Waals surface area contributed by atoms with Crippen LogP contribution in [0.2, 0.25) is 0 Å². The van der Waals surface area contributed by atoms with E-state index in [1.807, 2.05) is 6.92 Å². The third-order valence-corrected chi connectivity index (χ3v) is 2.16. The summed E-state index contributed by atoms with van der Waals surface area (Å²) >= 11 is 0. The Bertz CT molecular complexity index is 244. The Morgan fingerprint density at radius 1 is 1.64 bits per heavy atom. The van der Waals surface area contributed by atoms with Crippen molar-refractivity contribution in [2.45, 2.75) is 38.8 Å². The zero-order chi connectivity index (χ0) is 10.4. The lowest BCUT2D eigenvalue weighted by Gasteiger charge is -2.22. The summed E-state index contributed by atoms with van der Waals surface area (Å²) in [5.41, 5.74) is 0.437. The fourth-order valence-corrected chi connectivity index (χ4v) is 1.47. The van der Waals surface area contributed by atoms with E-state index in [4.69, 9.17) is 0 Å². The van der Waals surface area contributed by atoms with Crippen LogP contribution in [0.5, 0.6) is 0 Å². The van der Waals surface area contributed by atoms with Gasteiger partial charge in [-0.15, -0.1) is 0 Å². The lowest BCUT2D eigenvalue weighted by atomic mass is 10.0. The lowest BCUT2D eigenvalue weighted by Crippen LogP contribution is -2.37. The molecular weight excluding hydrogens is 178 g/mol. The largest absolute Gasteiger partial charge is 0.389 e. The standard InChI is InChI=1S/C10H19N3O/c1-3-4-10(2,14)7-11-5-9-6-12-8-13-9/h6,8,11,14H,3-5,7H2,1-2H3,(H,12,13). The van der Waals surface area contributed by atoms with Gasteiger partial charge in [-0.2, -0.15) is 0 Å². The van der Waals surface area contributed by atoms with Crippen molar-refractivity contribution in [1.29, 1.82) is 0 Å². The van der Waals surface area contributed by atoms with Crippen LogP contribution in [-0.4, -0.2) is 27.2 Å². The Morgan fingerprint density at radius 3 is 3.00 bits per heavy atom. The minimum absolute atomic E-state index is 0.602. The molecule has 0 aliphatic heterocycles. The maximum absolute atomic E-state index is 9.85. The average Bonchev–Trinajstić information content (AvgIpc) is 2.56. The normalized spacial score (nSPS) is 15.4. The molecule has 1 aromatic rings. The quantitative estimate of drug-likeness (QED) is 0.639. The number of nitrogens with zero attached hydrogens (tertiary/aromatic N) is 1. The van der Waals surface area contributed by atoms with Crippen LogP contribution in [-0.2, 0) is 6.54 Å². The molecule has 80 valence electrons. The Labute approximate surface area is 84.8 Å². The highest BCUT2D eigenvalue weighted by Crippen LogP contribution is 2.09. The molecular formula is C10H19N3O. The van der Waals surface area contributed by atoms with Gasteiger partial charge in [-0.1, -0.05) is 13.3 Å². The molecule has 3 N–H and O–H groups in total. The van der Waals surface area contributed by atoms with Crippen LogP contribution in [0.25, 0.3) is 0 Å². The van der Waals surface area contributed by atoms with Gasteiger partial charge in [-0.3, -0.25) is 0 Å². The Morgan fingerprint density at radius 2 is 2.43 bits per heavy atom. The van der Waals surface area contributed by atoms with Gasteiger partial charge in [0.2, 0.25) is 0 Å². The number of aliphatic hydroxyl groups is 1. The molecule has 4 nitrogen and oxygen atoms in total. The molecule has 0 saturated carbocycles. The zero-order valence-corrected chi connectivity index (χ0v) is 8.88. The van der Waals surface area contributed by atoms with E-state index in [-0.39, 0.29) is 0 Å². The average molecular weight is 197 g/mol. The predicted octanol–water partition coefficient (Wildman–Crippen LogP) is 1.05. The lowest BCUT2D eigenvalue weighted by molar-refractivity contribution is 0.0497. The summed E-state index contributed by atoms with van der Waals surface area (Å²) in [5.74, 6) is 0. The van der Waals surface area contributed by atoms with Crippen molar-refractivity contribution in [1.82, 2.24) is 15.3 Å². The van der Waals surface area contributed by atoms with Crippen molar-refractivity contribution in [3.8, 4) is 0 Å². The topological polar surface area (TPSA) is 60.9 Å². The van der Waals surface area contributed by atoms with Gasteiger partial charge < -0.3 is 15.4 Å². The molecule has 1 unspecified atom stereocenters. The second kappa shape index (κ2) is 5.12. The third kappa shape index (κ3) is 3.89. The molecule has 4 heteroatoms. The van der Waals surface area contributed by atoms with E-state index in [2.05, 4.69) is 22.2 Å². The maximum atomic E-state index is 9.85. The first-order valence-electron chi connectivity index (χ1n) is 5.04. The van der Waals surface area contributed by atoms with E-state index >= 15 is 0 Å². The van der Waals surface area contributed by atoms with Crippen molar-refractivity contribution in [3.63, 3.8) is 0 Å². The second-order valence-corrected chi connectivity index (χ2v) is 3.93. The maximum Gasteiger partial charge on any atom is 0.0922 e. The van der Waals surface area contributed by atoms with E-state index in [1.54, 1.807) is 12.5 Å². The highest BCUT2D eigenvalue weighted by molar-refractivity contribution is 4.93. The van der Waals surface area contributed by atoms with Crippen molar-refractivity contribution < 1.29 is 5.11 Å². The number of hydrogen-bond acceptors (Lipinski definition) is 3. The summed E-state index contributed by atoms with van der Waals surface area (Å²) < 4.78 is 0. The molecule has 14 heavy (non-hydrogen) atoms. The SMILES string of the molecule is CCCC(C)(O)CNCc1cnc[nH]1. The Kier molecular flexibility index (Phi) is 4.10. The highest BCUT2D eigenvalue weighted by atomic mass is 16.3. The number of rotatable bonds is 6. The number of nitrogens with one attached hydrogen (secondary N) is 2. The van der Waals surface area contributed by atoms with Crippen LogP contribution in [0, 0.1) is 0 Å². The molecule has 1 rings (SSSR count). The molecule has 0 fully saturated rings. The summed E-state index contributed by atoms with van der Waals surface area (Å²) in [4.78, 5) is 6.92. The van der Waals surface area contributed by atoms with Crippen LogP contribution >= 0.6 is 0 Å². The molecule has 1 heterocycles. The van der Waals surface area contributed by atoms with Gasteiger partial charge in [-0.05, 0) is 13.3 Å². The van der Waals surface area contributed by atoms with Crippen molar-refractivity contribution in [2.24, 2.45) is 0 Å². The smallest absolute Gasteiger partial charge is 0.0922 e. The predicted molar refractivity (Wildman–Crippen MR) is 55.8 cm³/mol. The molecule has 0 aliphatic rings. The van der Waals surface area contributed by atoms with Crippen LogP contribution in [0.3, 0.4) is 0 Å². The van der Waals surface area contributed by atoms with Crippen molar-refractivity contribution in [2.75, 3.05) is 6.54 Å². The second-order valence-electron chi connectivity index (χ2n) is 3.93. The molecule has 1 aromatic heterocycles. The summed E-state index contributed by atoms with van der Waals surface area (Å²) in [6.07, 6.45) is 5.25. The van der Waals surface area contributed by atoms with E-state index in [9.17, 15) is 5.11 Å². The Hall–Kier alpha value is -0.870. The number of H-pyrrole nitrogens is 1. The summed E-state index contributed by atoms with van der Waals surface area (Å²) in [7, 11) is 0. The molecule has 1 atom stereocenters. The summed E-state index contributed by atoms with van der Waals surface area (Å²) in [6, 6.07) is 0. The Balaban J connectivity index is 2.20. The number of hydrogen-bond donors (Lipinski definition) is 3. The van der Waals surface area contributed by atoms with E-state index < -0.39 is 5.60 Å². The fourth-order valence-electron chi connectivity index (χ4n) is 1.47. The first-order valence-corrected chi connectivity index (χ1v) is 5.04. The molecule has 0 aliphatic carbocycles. The highest BCUT2D eigenvalue weighted by Gasteiger charge is 2.17. The first-order chi connectivity index (χ1) is 6.64.